The minimum atomic E-state index is -0.910. The van der Waals surface area contributed by atoms with Gasteiger partial charge in [0.15, 0.2) is 0 Å². The van der Waals surface area contributed by atoms with Crippen LogP contribution in [0.15, 0.2) is 18.2 Å². The van der Waals surface area contributed by atoms with Crippen molar-refractivity contribution < 1.29 is 9.18 Å². The van der Waals surface area contributed by atoms with Gasteiger partial charge < -0.3 is 11.1 Å². The monoisotopic (exact) mass is 302 g/mol. The first-order valence-electron chi connectivity index (χ1n) is 5.93. The molecule has 3 nitrogen and oxygen atoms in total. The fourth-order valence-electron chi connectivity index (χ4n) is 1.86. The van der Waals surface area contributed by atoms with Gasteiger partial charge in [0.25, 0.3) is 0 Å². The smallest absolute Gasteiger partial charge is 0.237 e. The summed E-state index contributed by atoms with van der Waals surface area (Å²) in [5, 5.41) is 2.79. The first-order chi connectivity index (χ1) is 8.87. The lowest BCUT2D eigenvalue weighted by Crippen LogP contribution is -2.45. The van der Waals surface area contributed by atoms with Crippen LogP contribution in [0.25, 0.3) is 0 Å². The third-order valence-electron chi connectivity index (χ3n) is 3.29. The van der Waals surface area contributed by atoms with Gasteiger partial charge >= 0.3 is 0 Å². The van der Waals surface area contributed by atoms with Gasteiger partial charge in [-0.2, -0.15) is 0 Å². The SMILES string of the molecule is CCC(CC)(C(=O)Nc1ccc(F)cc1Cl)C(N)=S. The van der Waals surface area contributed by atoms with Crippen LogP contribution in [0.2, 0.25) is 5.02 Å². The van der Waals surface area contributed by atoms with E-state index in [1.165, 1.54) is 12.1 Å². The third kappa shape index (κ3) is 3.22. The van der Waals surface area contributed by atoms with Crippen molar-refractivity contribution in [1.82, 2.24) is 0 Å². The Balaban J connectivity index is 3.03. The van der Waals surface area contributed by atoms with E-state index in [1.54, 1.807) is 0 Å². The van der Waals surface area contributed by atoms with E-state index >= 15 is 0 Å². The molecule has 1 aromatic carbocycles. The number of carbonyl (C=O) groups excluding carboxylic acids is 1. The summed E-state index contributed by atoms with van der Waals surface area (Å²) in [7, 11) is 0. The Hall–Kier alpha value is -1.20. The van der Waals surface area contributed by atoms with E-state index in [0.29, 0.717) is 18.5 Å². The van der Waals surface area contributed by atoms with Crippen LogP contribution in [-0.2, 0) is 4.79 Å². The predicted octanol–water partition coefficient (Wildman–Crippen LogP) is 3.51. The molecule has 6 heteroatoms. The molecule has 0 spiro atoms. The fourth-order valence-corrected chi connectivity index (χ4v) is 2.46. The Bertz CT molecular complexity index is 503. The molecule has 0 aliphatic rings. The van der Waals surface area contributed by atoms with Gasteiger partial charge in [0.1, 0.15) is 5.82 Å². The number of benzene rings is 1. The molecule has 0 atom stereocenters. The van der Waals surface area contributed by atoms with Gasteiger partial charge in [-0.05, 0) is 31.0 Å². The zero-order chi connectivity index (χ0) is 14.6. The number of hydrogen-bond donors (Lipinski definition) is 2. The normalized spacial score (nSPS) is 11.2. The molecule has 0 fully saturated rings. The average Bonchev–Trinajstić information content (AvgIpc) is 2.34. The number of anilines is 1. The van der Waals surface area contributed by atoms with Gasteiger partial charge in [-0.1, -0.05) is 37.7 Å². The molecule has 0 aliphatic carbocycles. The highest BCUT2D eigenvalue weighted by atomic mass is 35.5. The largest absolute Gasteiger partial charge is 0.392 e. The molecule has 0 saturated carbocycles. The van der Waals surface area contributed by atoms with Crippen LogP contribution >= 0.6 is 23.8 Å². The Morgan fingerprint density at radius 3 is 2.47 bits per heavy atom. The maximum atomic E-state index is 12.9. The average molecular weight is 303 g/mol. The number of carbonyl (C=O) groups is 1. The van der Waals surface area contributed by atoms with Crippen LogP contribution < -0.4 is 11.1 Å². The van der Waals surface area contributed by atoms with Crippen molar-refractivity contribution in [2.24, 2.45) is 11.1 Å². The Kier molecular flexibility index (Phi) is 5.26. The van der Waals surface area contributed by atoms with E-state index in [0.717, 1.165) is 6.07 Å². The number of hydrogen-bond acceptors (Lipinski definition) is 2. The summed E-state index contributed by atoms with van der Waals surface area (Å²) in [5.74, 6) is -0.784. The van der Waals surface area contributed by atoms with Crippen LogP contribution in [0.5, 0.6) is 0 Å². The van der Waals surface area contributed by atoms with Gasteiger partial charge in [0, 0.05) is 0 Å². The summed E-state index contributed by atoms with van der Waals surface area (Å²) < 4.78 is 12.9. The lowest BCUT2D eigenvalue weighted by molar-refractivity contribution is -0.122. The molecule has 104 valence electrons. The molecule has 1 amide bonds. The van der Waals surface area contributed by atoms with Gasteiger partial charge in [-0.15, -0.1) is 0 Å². The fraction of sp³-hybridized carbons (Fsp3) is 0.385. The van der Waals surface area contributed by atoms with Crippen molar-refractivity contribution in [3.05, 3.63) is 29.0 Å². The van der Waals surface area contributed by atoms with Crippen molar-refractivity contribution in [2.75, 3.05) is 5.32 Å². The van der Waals surface area contributed by atoms with Gasteiger partial charge in [0.05, 0.1) is 21.1 Å². The van der Waals surface area contributed by atoms with Crippen molar-refractivity contribution in [1.29, 1.82) is 0 Å². The molecule has 19 heavy (non-hydrogen) atoms. The molecule has 0 radical (unpaired) electrons. The highest BCUT2D eigenvalue weighted by Crippen LogP contribution is 2.30. The number of halogens is 2. The summed E-state index contributed by atoms with van der Waals surface area (Å²) in [6.07, 6.45) is 0.979. The van der Waals surface area contributed by atoms with Gasteiger partial charge in [0.2, 0.25) is 5.91 Å². The minimum Gasteiger partial charge on any atom is -0.392 e. The quantitative estimate of drug-likeness (QED) is 0.818. The Morgan fingerprint density at radius 1 is 1.47 bits per heavy atom. The van der Waals surface area contributed by atoms with Crippen LogP contribution in [0.3, 0.4) is 0 Å². The van der Waals surface area contributed by atoms with Crippen LogP contribution in [0, 0.1) is 11.2 Å². The molecule has 0 saturated heterocycles. The standard InChI is InChI=1S/C13H16ClFN2OS/c1-3-13(4-2,11(16)19)12(18)17-10-6-5-8(15)7-9(10)14/h5-7H,3-4H2,1-2H3,(H2,16,19)(H,17,18). The molecular weight excluding hydrogens is 287 g/mol. The van der Waals surface area contributed by atoms with Crippen molar-refractivity contribution in [3.63, 3.8) is 0 Å². The molecule has 0 aliphatic heterocycles. The lowest BCUT2D eigenvalue weighted by Gasteiger charge is -2.29. The topological polar surface area (TPSA) is 55.1 Å². The second-order valence-corrected chi connectivity index (χ2v) is 5.08. The molecule has 0 bridgehead atoms. The predicted molar refractivity (Wildman–Crippen MR) is 79.8 cm³/mol. The van der Waals surface area contributed by atoms with Crippen LogP contribution in [0.1, 0.15) is 26.7 Å². The highest BCUT2D eigenvalue weighted by molar-refractivity contribution is 7.80. The Labute approximate surface area is 122 Å². The molecule has 0 aromatic heterocycles. The van der Waals surface area contributed by atoms with Gasteiger partial charge in [-0.25, -0.2) is 4.39 Å². The van der Waals surface area contributed by atoms with Gasteiger partial charge in [-0.3, -0.25) is 4.79 Å². The summed E-state index contributed by atoms with van der Waals surface area (Å²) in [6, 6.07) is 3.77. The number of amides is 1. The molecule has 1 rings (SSSR count). The zero-order valence-corrected chi connectivity index (χ0v) is 12.4. The van der Waals surface area contributed by atoms with E-state index in [4.69, 9.17) is 29.6 Å². The summed E-state index contributed by atoms with van der Waals surface area (Å²) in [4.78, 5) is 12.5. The minimum absolute atomic E-state index is 0.136. The molecule has 1 aromatic rings. The molecule has 0 heterocycles. The van der Waals surface area contributed by atoms with E-state index in [2.05, 4.69) is 5.32 Å². The zero-order valence-electron chi connectivity index (χ0n) is 10.8. The van der Waals surface area contributed by atoms with Crippen molar-refractivity contribution >= 4 is 40.4 Å². The lowest BCUT2D eigenvalue weighted by atomic mass is 9.81. The Morgan fingerprint density at radius 2 is 2.05 bits per heavy atom. The maximum Gasteiger partial charge on any atom is 0.237 e. The summed E-state index contributed by atoms with van der Waals surface area (Å²) in [6.45, 7) is 3.68. The molecular formula is C13H16ClFN2OS. The van der Waals surface area contributed by atoms with Crippen LogP contribution in [0.4, 0.5) is 10.1 Å². The van der Waals surface area contributed by atoms with E-state index in [9.17, 15) is 9.18 Å². The van der Waals surface area contributed by atoms with Crippen LogP contribution in [-0.4, -0.2) is 10.9 Å². The van der Waals surface area contributed by atoms with Crippen molar-refractivity contribution in [2.45, 2.75) is 26.7 Å². The summed E-state index contributed by atoms with van der Waals surface area (Å²) >= 11 is 10.9. The number of nitrogens with two attached hydrogens (primary N) is 1. The first kappa shape index (κ1) is 15.9. The number of nitrogens with one attached hydrogen (secondary N) is 1. The second kappa shape index (κ2) is 6.30. The second-order valence-electron chi connectivity index (χ2n) is 4.23. The summed E-state index contributed by atoms with van der Waals surface area (Å²) in [5.41, 5.74) is 5.12. The third-order valence-corrected chi connectivity index (χ3v) is 4.00. The molecule has 3 N–H and O–H groups in total. The first-order valence-corrected chi connectivity index (χ1v) is 6.72. The maximum absolute atomic E-state index is 12.9. The highest BCUT2D eigenvalue weighted by Gasteiger charge is 2.38. The van der Waals surface area contributed by atoms with Crippen molar-refractivity contribution in [3.8, 4) is 0 Å². The van der Waals surface area contributed by atoms with E-state index in [-0.39, 0.29) is 15.9 Å². The number of rotatable bonds is 5. The number of thiocarbonyl (C=S) groups is 1. The van der Waals surface area contributed by atoms with E-state index < -0.39 is 11.2 Å². The van der Waals surface area contributed by atoms with E-state index in [1.807, 2.05) is 13.8 Å². The molecule has 0 unspecified atom stereocenters.